The SMILES string of the molecule is Cc1ccc(C(=O)N2CCC(c3nc4ccncc4n3C(C)C)C2)cn1.Cl. The number of amides is 1. The number of hydrogen-bond acceptors (Lipinski definition) is 4. The van der Waals surface area contributed by atoms with Crippen molar-refractivity contribution in [2.45, 2.75) is 39.2 Å². The van der Waals surface area contributed by atoms with E-state index in [0.717, 1.165) is 35.5 Å². The van der Waals surface area contributed by atoms with Gasteiger partial charge in [-0.25, -0.2) is 4.98 Å². The van der Waals surface area contributed by atoms with E-state index in [-0.39, 0.29) is 24.2 Å². The van der Waals surface area contributed by atoms with E-state index in [4.69, 9.17) is 4.98 Å². The molecule has 1 saturated heterocycles. The molecular weight excluding hydrogens is 362 g/mol. The molecule has 0 spiro atoms. The Morgan fingerprint density at radius 3 is 2.74 bits per heavy atom. The lowest BCUT2D eigenvalue weighted by atomic mass is 10.1. The van der Waals surface area contributed by atoms with Gasteiger partial charge in [0.05, 0.1) is 22.8 Å². The Hall–Kier alpha value is -2.47. The molecule has 1 aliphatic heterocycles. The van der Waals surface area contributed by atoms with Crippen LogP contribution < -0.4 is 0 Å². The van der Waals surface area contributed by atoms with Crippen LogP contribution >= 0.6 is 12.4 Å². The van der Waals surface area contributed by atoms with Crippen molar-refractivity contribution in [3.8, 4) is 0 Å². The highest BCUT2D eigenvalue weighted by Gasteiger charge is 2.32. The summed E-state index contributed by atoms with van der Waals surface area (Å²) < 4.78 is 2.26. The van der Waals surface area contributed by atoms with E-state index >= 15 is 0 Å². The van der Waals surface area contributed by atoms with Gasteiger partial charge in [0.2, 0.25) is 0 Å². The van der Waals surface area contributed by atoms with Gasteiger partial charge in [0.1, 0.15) is 5.82 Å². The fourth-order valence-corrected chi connectivity index (χ4v) is 3.72. The predicted molar refractivity (Wildman–Crippen MR) is 107 cm³/mol. The van der Waals surface area contributed by atoms with Crippen molar-refractivity contribution in [1.82, 2.24) is 24.4 Å². The number of fused-ring (bicyclic) bond motifs is 1. The number of hydrogen-bond donors (Lipinski definition) is 0. The Morgan fingerprint density at radius 2 is 2.04 bits per heavy atom. The Balaban J connectivity index is 0.00000210. The Bertz CT molecular complexity index is 951. The van der Waals surface area contributed by atoms with Gasteiger partial charge in [0, 0.05) is 43.1 Å². The van der Waals surface area contributed by atoms with Crippen molar-refractivity contribution in [3.05, 3.63) is 53.9 Å². The normalized spacial score (nSPS) is 16.7. The summed E-state index contributed by atoms with van der Waals surface area (Å²) in [4.78, 5) is 28.1. The van der Waals surface area contributed by atoms with E-state index in [1.54, 1.807) is 12.4 Å². The summed E-state index contributed by atoms with van der Waals surface area (Å²) in [6, 6.07) is 5.98. The van der Waals surface area contributed by atoms with Crippen molar-refractivity contribution in [2.75, 3.05) is 13.1 Å². The summed E-state index contributed by atoms with van der Waals surface area (Å²) in [6.07, 6.45) is 6.24. The van der Waals surface area contributed by atoms with E-state index in [9.17, 15) is 4.79 Å². The molecule has 7 heteroatoms. The predicted octanol–water partition coefficient (Wildman–Crippen LogP) is 3.77. The van der Waals surface area contributed by atoms with Crippen molar-refractivity contribution in [1.29, 1.82) is 0 Å². The van der Waals surface area contributed by atoms with Gasteiger partial charge in [-0.05, 0) is 45.4 Å². The standard InChI is InChI=1S/C20H23N5O.ClH/c1-13(2)25-18-11-21-8-6-17(18)23-19(25)16-7-9-24(12-16)20(26)15-5-4-14(3)22-10-15;/h4-6,8,10-11,13,16H,7,9,12H2,1-3H3;1H. The molecule has 1 atom stereocenters. The molecule has 1 fully saturated rings. The first-order chi connectivity index (χ1) is 12.5. The fraction of sp³-hybridized carbons (Fsp3) is 0.400. The van der Waals surface area contributed by atoms with Gasteiger partial charge in [0.15, 0.2) is 0 Å². The second-order valence-corrected chi connectivity index (χ2v) is 7.22. The number of carbonyl (C=O) groups excluding carboxylic acids is 1. The average Bonchev–Trinajstić information content (AvgIpc) is 3.26. The average molecular weight is 386 g/mol. The first kappa shape index (κ1) is 19.3. The lowest BCUT2D eigenvalue weighted by Crippen LogP contribution is -2.29. The number of aryl methyl sites for hydroxylation is 1. The lowest BCUT2D eigenvalue weighted by Gasteiger charge is -2.18. The Morgan fingerprint density at radius 1 is 1.22 bits per heavy atom. The highest BCUT2D eigenvalue weighted by molar-refractivity contribution is 5.94. The molecular formula is C20H24ClN5O. The minimum absolute atomic E-state index is 0. The van der Waals surface area contributed by atoms with Crippen LogP contribution in [-0.4, -0.2) is 43.4 Å². The van der Waals surface area contributed by atoms with Crippen LogP contribution in [0.25, 0.3) is 11.0 Å². The number of rotatable bonds is 3. The van der Waals surface area contributed by atoms with Gasteiger partial charge >= 0.3 is 0 Å². The number of aromatic nitrogens is 4. The zero-order chi connectivity index (χ0) is 18.3. The molecule has 1 unspecified atom stereocenters. The molecule has 0 N–H and O–H groups in total. The van der Waals surface area contributed by atoms with Crippen LogP contribution in [0.5, 0.6) is 0 Å². The maximum absolute atomic E-state index is 12.8. The van der Waals surface area contributed by atoms with Gasteiger partial charge in [-0.1, -0.05) is 0 Å². The van der Waals surface area contributed by atoms with Crippen LogP contribution in [-0.2, 0) is 0 Å². The second kappa shape index (κ2) is 7.64. The Labute approximate surface area is 165 Å². The molecule has 27 heavy (non-hydrogen) atoms. The van der Waals surface area contributed by atoms with Crippen molar-refractivity contribution < 1.29 is 4.79 Å². The van der Waals surface area contributed by atoms with Gasteiger partial charge < -0.3 is 9.47 Å². The largest absolute Gasteiger partial charge is 0.338 e. The minimum atomic E-state index is 0. The first-order valence-electron chi connectivity index (χ1n) is 9.08. The van der Waals surface area contributed by atoms with Crippen LogP contribution in [0.1, 0.15) is 54.1 Å². The number of nitrogens with zero attached hydrogens (tertiary/aromatic N) is 5. The smallest absolute Gasteiger partial charge is 0.255 e. The summed E-state index contributed by atoms with van der Waals surface area (Å²) in [5.74, 6) is 1.35. The van der Waals surface area contributed by atoms with Gasteiger partial charge in [-0.2, -0.15) is 0 Å². The number of halogens is 1. The fourth-order valence-electron chi connectivity index (χ4n) is 3.72. The number of pyridine rings is 2. The number of likely N-dealkylation sites (tertiary alicyclic amines) is 1. The maximum Gasteiger partial charge on any atom is 0.255 e. The number of imidazole rings is 1. The summed E-state index contributed by atoms with van der Waals surface area (Å²) in [5.41, 5.74) is 3.60. The highest BCUT2D eigenvalue weighted by Crippen LogP contribution is 2.32. The lowest BCUT2D eigenvalue weighted by molar-refractivity contribution is 0.0790. The Kier molecular flexibility index (Phi) is 5.46. The van der Waals surface area contributed by atoms with Crippen LogP contribution in [0.2, 0.25) is 0 Å². The van der Waals surface area contributed by atoms with Crippen LogP contribution in [0.15, 0.2) is 36.8 Å². The van der Waals surface area contributed by atoms with E-state index in [1.807, 2.05) is 36.2 Å². The molecule has 6 nitrogen and oxygen atoms in total. The molecule has 4 heterocycles. The second-order valence-electron chi connectivity index (χ2n) is 7.22. The first-order valence-corrected chi connectivity index (χ1v) is 9.08. The molecule has 1 aliphatic rings. The zero-order valence-corrected chi connectivity index (χ0v) is 16.6. The third-order valence-corrected chi connectivity index (χ3v) is 5.03. The zero-order valence-electron chi connectivity index (χ0n) is 15.8. The van der Waals surface area contributed by atoms with Crippen LogP contribution in [0.3, 0.4) is 0 Å². The monoisotopic (exact) mass is 385 g/mol. The number of carbonyl (C=O) groups is 1. The minimum Gasteiger partial charge on any atom is -0.338 e. The highest BCUT2D eigenvalue weighted by atomic mass is 35.5. The van der Waals surface area contributed by atoms with Gasteiger partial charge in [-0.3, -0.25) is 14.8 Å². The summed E-state index contributed by atoms with van der Waals surface area (Å²) >= 11 is 0. The third kappa shape index (κ3) is 3.54. The van der Waals surface area contributed by atoms with E-state index in [1.165, 1.54) is 0 Å². The van der Waals surface area contributed by atoms with E-state index in [2.05, 4.69) is 28.4 Å². The quantitative estimate of drug-likeness (QED) is 0.688. The summed E-state index contributed by atoms with van der Waals surface area (Å²) in [6.45, 7) is 7.68. The molecule has 0 aliphatic carbocycles. The van der Waals surface area contributed by atoms with Crippen molar-refractivity contribution >= 4 is 29.3 Å². The molecule has 4 rings (SSSR count). The molecule has 0 aromatic carbocycles. The van der Waals surface area contributed by atoms with Crippen LogP contribution in [0.4, 0.5) is 0 Å². The van der Waals surface area contributed by atoms with E-state index in [0.29, 0.717) is 18.2 Å². The summed E-state index contributed by atoms with van der Waals surface area (Å²) in [5, 5.41) is 0. The maximum atomic E-state index is 12.8. The van der Waals surface area contributed by atoms with Crippen molar-refractivity contribution in [3.63, 3.8) is 0 Å². The molecule has 1 amide bonds. The molecule has 0 saturated carbocycles. The molecule has 0 bridgehead atoms. The molecule has 142 valence electrons. The van der Waals surface area contributed by atoms with Gasteiger partial charge in [-0.15, -0.1) is 12.4 Å². The van der Waals surface area contributed by atoms with E-state index < -0.39 is 0 Å². The molecule has 3 aromatic rings. The van der Waals surface area contributed by atoms with Gasteiger partial charge in [0.25, 0.3) is 5.91 Å². The topological polar surface area (TPSA) is 63.9 Å². The molecule has 3 aromatic heterocycles. The summed E-state index contributed by atoms with van der Waals surface area (Å²) in [7, 11) is 0. The van der Waals surface area contributed by atoms with Crippen LogP contribution in [0, 0.1) is 6.92 Å². The molecule has 0 radical (unpaired) electrons. The third-order valence-electron chi connectivity index (χ3n) is 5.03. The van der Waals surface area contributed by atoms with Crippen molar-refractivity contribution in [2.24, 2.45) is 0 Å².